The molecule has 0 bridgehead atoms. The van der Waals surface area contributed by atoms with E-state index in [-0.39, 0.29) is 28.9 Å². The van der Waals surface area contributed by atoms with E-state index in [1.807, 2.05) is 30.3 Å². The maximum absolute atomic E-state index is 13.1. The number of nitrogens with one attached hydrogen (secondary N) is 1. The lowest BCUT2D eigenvalue weighted by Gasteiger charge is -2.21. The average Bonchev–Trinajstić information content (AvgIpc) is 3.20. The van der Waals surface area contributed by atoms with E-state index in [9.17, 15) is 18.0 Å². The SMILES string of the molecule is CCOc1ccc(NC(=O)C2CC(=O)N(CCc3ccccc3)C2)cc1S(=O)(=O)N(CC)CC. The highest BCUT2D eigenvalue weighted by molar-refractivity contribution is 7.89. The topological polar surface area (TPSA) is 96.0 Å². The van der Waals surface area contributed by atoms with E-state index < -0.39 is 15.9 Å². The Kier molecular flexibility index (Phi) is 8.68. The van der Waals surface area contributed by atoms with E-state index in [4.69, 9.17) is 4.74 Å². The number of carbonyl (C=O) groups excluding carboxylic acids is 2. The van der Waals surface area contributed by atoms with Crippen molar-refractivity contribution in [1.29, 1.82) is 0 Å². The van der Waals surface area contributed by atoms with Crippen molar-refractivity contribution in [2.75, 3.05) is 38.1 Å². The minimum atomic E-state index is -3.79. The molecule has 0 aromatic heterocycles. The molecule has 8 nitrogen and oxygen atoms in total. The monoisotopic (exact) mass is 487 g/mol. The largest absolute Gasteiger partial charge is 0.492 e. The smallest absolute Gasteiger partial charge is 0.246 e. The van der Waals surface area contributed by atoms with Crippen LogP contribution in [0.25, 0.3) is 0 Å². The number of hydrogen-bond acceptors (Lipinski definition) is 5. The minimum absolute atomic E-state index is 0.0165. The normalized spacial score (nSPS) is 16.2. The average molecular weight is 488 g/mol. The summed E-state index contributed by atoms with van der Waals surface area (Å²) < 4.78 is 33.2. The molecule has 2 aromatic rings. The van der Waals surface area contributed by atoms with Crippen LogP contribution >= 0.6 is 0 Å². The van der Waals surface area contributed by atoms with E-state index >= 15 is 0 Å². The Morgan fingerprint density at radius 3 is 2.47 bits per heavy atom. The lowest BCUT2D eigenvalue weighted by atomic mass is 10.1. The van der Waals surface area contributed by atoms with Crippen molar-refractivity contribution in [1.82, 2.24) is 9.21 Å². The summed E-state index contributed by atoms with van der Waals surface area (Å²) in [6.07, 6.45) is 0.870. The maximum Gasteiger partial charge on any atom is 0.246 e. The number of hydrogen-bond donors (Lipinski definition) is 1. The Morgan fingerprint density at radius 2 is 1.82 bits per heavy atom. The third-order valence-electron chi connectivity index (χ3n) is 5.93. The van der Waals surface area contributed by atoms with Gasteiger partial charge in [-0.05, 0) is 37.1 Å². The van der Waals surface area contributed by atoms with Gasteiger partial charge in [0.15, 0.2) is 0 Å². The zero-order valence-corrected chi connectivity index (χ0v) is 20.8. The first-order chi connectivity index (χ1) is 16.3. The molecule has 1 aliphatic heterocycles. The molecule has 1 fully saturated rings. The quantitative estimate of drug-likeness (QED) is 0.525. The lowest BCUT2D eigenvalue weighted by molar-refractivity contribution is -0.128. The first-order valence-corrected chi connectivity index (χ1v) is 13.1. The highest BCUT2D eigenvalue weighted by atomic mass is 32.2. The predicted octanol–water partition coefficient (Wildman–Crippen LogP) is 3.15. The summed E-state index contributed by atoms with van der Waals surface area (Å²) >= 11 is 0. The van der Waals surface area contributed by atoms with Gasteiger partial charge in [-0.1, -0.05) is 44.2 Å². The van der Waals surface area contributed by atoms with Gasteiger partial charge >= 0.3 is 0 Å². The Hall–Kier alpha value is -2.91. The van der Waals surface area contributed by atoms with Crippen molar-refractivity contribution in [3.8, 4) is 5.75 Å². The van der Waals surface area contributed by atoms with Crippen LogP contribution < -0.4 is 10.1 Å². The van der Waals surface area contributed by atoms with Gasteiger partial charge in [0.2, 0.25) is 21.8 Å². The molecule has 184 valence electrons. The number of sulfonamides is 1. The minimum Gasteiger partial charge on any atom is -0.492 e. The molecule has 0 aliphatic carbocycles. The molecular formula is C25H33N3O5S. The number of rotatable bonds is 11. The van der Waals surface area contributed by atoms with Crippen LogP contribution in [0.5, 0.6) is 5.75 Å². The van der Waals surface area contributed by atoms with Gasteiger partial charge in [-0.2, -0.15) is 4.31 Å². The molecule has 0 radical (unpaired) electrons. The molecule has 1 N–H and O–H groups in total. The second-order valence-corrected chi connectivity index (χ2v) is 10.1. The van der Waals surface area contributed by atoms with Crippen LogP contribution in [-0.4, -0.2) is 62.2 Å². The zero-order valence-electron chi connectivity index (χ0n) is 20.0. The molecule has 1 unspecified atom stereocenters. The van der Waals surface area contributed by atoms with Crippen LogP contribution in [0.15, 0.2) is 53.4 Å². The standard InChI is InChI=1S/C25H33N3O5S/c1-4-28(5-2)34(31,32)23-17-21(12-13-22(23)33-6-3)26-25(30)20-16-24(29)27(18-20)15-14-19-10-8-7-9-11-19/h7-13,17,20H,4-6,14-16,18H2,1-3H3,(H,26,30). The Morgan fingerprint density at radius 1 is 1.12 bits per heavy atom. The van der Waals surface area contributed by atoms with Gasteiger partial charge in [-0.3, -0.25) is 9.59 Å². The molecule has 1 atom stereocenters. The van der Waals surface area contributed by atoms with Crippen LogP contribution in [0.1, 0.15) is 32.8 Å². The zero-order chi connectivity index (χ0) is 24.7. The van der Waals surface area contributed by atoms with Gasteiger partial charge in [0.05, 0.1) is 12.5 Å². The van der Waals surface area contributed by atoms with Crippen LogP contribution in [0.2, 0.25) is 0 Å². The van der Waals surface area contributed by atoms with E-state index in [1.165, 1.54) is 10.4 Å². The summed E-state index contributed by atoms with van der Waals surface area (Å²) in [7, 11) is -3.79. The second-order valence-electron chi connectivity index (χ2n) is 8.15. The molecule has 9 heteroatoms. The number of amides is 2. The summed E-state index contributed by atoms with van der Waals surface area (Å²) in [6.45, 7) is 7.19. The van der Waals surface area contributed by atoms with Crippen molar-refractivity contribution >= 4 is 27.5 Å². The van der Waals surface area contributed by atoms with Gasteiger partial charge in [0.25, 0.3) is 0 Å². The van der Waals surface area contributed by atoms with E-state index in [0.717, 1.165) is 12.0 Å². The first-order valence-electron chi connectivity index (χ1n) is 11.7. The van der Waals surface area contributed by atoms with Crippen LogP contribution in [-0.2, 0) is 26.0 Å². The molecular weight excluding hydrogens is 454 g/mol. The number of anilines is 1. The molecule has 3 rings (SSSR count). The molecule has 0 spiro atoms. The first kappa shape index (κ1) is 25.7. The van der Waals surface area contributed by atoms with Crippen LogP contribution in [0.3, 0.4) is 0 Å². The summed E-state index contributed by atoms with van der Waals surface area (Å²) in [5.74, 6) is -0.591. The third kappa shape index (κ3) is 5.95. The molecule has 1 saturated heterocycles. The Labute approximate surface area is 201 Å². The summed E-state index contributed by atoms with van der Waals surface area (Å²) in [5.41, 5.74) is 1.49. The van der Waals surface area contributed by atoms with Gasteiger partial charge in [0, 0.05) is 38.3 Å². The highest BCUT2D eigenvalue weighted by Crippen LogP contribution is 2.30. The molecule has 2 aromatic carbocycles. The second kappa shape index (κ2) is 11.5. The van der Waals surface area contributed by atoms with Gasteiger partial charge in [0.1, 0.15) is 10.6 Å². The number of ether oxygens (including phenoxy) is 1. The molecule has 2 amide bonds. The van der Waals surface area contributed by atoms with E-state index in [0.29, 0.717) is 38.5 Å². The lowest BCUT2D eigenvalue weighted by Crippen LogP contribution is -2.31. The molecule has 0 saturated carbocycles. The highest BCUT2D eigenvalue weighted by Gasteiger charge is 2.34. The fourth-order valence-corrected chi connectivity index (χ4v) is 5.70. The summed E-state index contributed by atoms with van der Waals surface area (Å²) in [6, 6.07) is 14.5. The van der Waals surface area contributed by atoms with Crippen LogP contribution in [0.4, 0.5) is 5.69 Å². The fraction of sp³-hybridized carbons (Fsp3) is 0.440. The maximum atomic E-state index is 13.1. The van der Waals surface area contributed by atoms with Gasteiger partial charge in [-0.15, -0.1) is 0 Å². The van der Waals surface area contributed by atoms with Crippen molar-refractivity contribution in [2.45, 2.75) is 38.5 Å². The predicted molar refractivity (Wildman–Crippen MR) is 131 cm³/mol. The van der Waals surface area contributed by atoms with Gasteiger partial charge < -0.3 is 15.0 Å². The van der Waals surface area contributed by atoms with Crippen LogP contribution in [0, 0.1) is 5.92 Å². The number of benzene rings is 2. The number of carbonyl (C=O) groups is 2. The third-order valence-corrected chi connectivity index (χ3v) is 8.00. The Balaban J connectivity index is 1.71. The van der Waals surface area contributed by atoms with Crippen molar-refractivity contribution < 1.29 is 22.7 Å². The number of nitrogens with zero attached hydrogens (tertiary/aromatic N) is 2. The Bertz CT molecular complexity index is 1100. The van der Waals surface area contributed by atoms with Crippen molar-refractivity contribution in [3.63, 3.8) is 0 Å². The summed E-state index contributed by atoms with van der Waals surface area (Å²) in [5, 5.41) is 2.80. The van der Waals surface area contributed by atoms with Crippen molar-refractivity contribution in [3.05, 3.63) is 54.1 Å². The van der Waals surface area contributed by atoms with E-state index in [2.05, 4.69) is 5.32 Å². The van der Waals surface area contributed by atoms with Gasteiger partial charge in [-0.25, -0.2) is 8.42 Å². The fourth-order valence-electron chi connectivity index (χ4n) is 4.08. The van der Waals surface area contributed by atoms with E-state index in [1.54, 1.807) is 37.8 Å². The molecule has 34 heavy (non-hydrogen) atoms. The molecule has 1 aliphatic rings. The molecule has 1 heterocycles. The van der Waals surface area contributed by atoms with Crippen molar-refractivity contribution in [2.24, 2.45) is 5.92 Å². The summed E-state index contributed by atoms with van der Waals surface area (Å²) in [4.78, 5) is 27.1. The number of likely N-dealkylation sites (tertiary alicyclic amines) is 1.